The van der Waals surface area contributed by atoms with Crippen LogP contribution >= 0.6 is 0 Å². The van der Waals surface area contributed by atoms with E-state index < -0.39 is 5.97 Å². The molecule has 0 amide bonds. The van der Waals surface area contributed by atoms with Gasteiger partial charge in [-0.05, 0) is 79.0 Å². The van der Waals surface area contributed by atoms with Crippen LogP contribution in [-0.4, -0.2) is 23.8 Å². The molecule has 1 atom stereocenters. The Morgan fingerprint density at radius 3 is 2.77 bits per heavy atom. The fourth-order valence-electron chi connectivity index (χ4n) is 3.38. The van der Waals surface area contributed by atoms with E-state index in [0.717, 1.165) is 48.0 Å². The Hall–Kier alpha value is -2.49. The maximum absolute atomic E-state index is 10.7. The molecular formula is C22H24O4. The van der Waals surface area contributed by atoms with Crippen LogP contribution in [0.1, 0.15) is 37.7 Å². The Balaban J connectivity index is 1.45. The molecule has 4 nitrogen and oxygen atoms in total. The molecule has 26 heavy (non-hydrogen) atoms. The van der Waals surface area contributed by atoms with Gasteiger partial charge >= 0.3 is 5.97 Å². The maximum atomic E-state index is 10.7. The van der Waals surface area contributed by atoms with Crippen LogP contribution in [0.2, 0.25) is 0 Å². The van der Waals surface area contributed by atoms with Gasteiger partial charge in [-0.15, -0.1) is 0 Å². The summed E-state index contributed by atoms with van der Waals surface area (Å²) < 4.78 is 11.9. The van der Waals surface area contributed by atoms with Crippen molar-refractivity contribution in [3.8, 4) is 22.6 Å². The predicted octanol–water partition coefficient (Wildman–Crippen LogP) is 4.70. The van der Waals surface area contributed by atoms with E-state index in [1.54, 1.807) is 0 Å². The number of ether oxygens (including phenoxy) is 2. The van der Waals surface area contributed by atoms with E-state index in [9.17, 15) is 4.79 Å². The molecule has 0 radical (unpaired) electrons. The Morgan fingerprint density at radius 2 is 1.96 bits per heavy atom. The van der Waals surface area contributed by atoms with Gasteiger partial charge in [0.1, 0.15) is 11.5 Å². The second-order valence-corrected chi connectivity index (χ2v) is 7.32. The summed E-state index contributed by atoms with van der Waals surface area (Å²) in [5, 5.41) is 8.83. The summed E-state index contributed by atoms with van der Waals surface area (Å²) in [6.45, 7) is 0.819. The molecule has 2 aromatic carbocycles. The summed E-state index contributed by atoms with van der Waals surface area (Å²) in [6.07, 6.45) is 5.10. The van der Waals surface area contributed by atoms with Gasteiger partial charge in [0.2, 0.25) is 0 Å². The highest BCUT2D eigenvalue weighted by Gasteiger charge is 2.22. The lowest BCUT2D eigenvalue weighted by Gasteiger charge is -2.26. The molecule has 0 aromatic heterocycles. The minimum Gasteiger partial charge on any atom is -0.493 e. The first-order valence-electron chi connectivity index (χ1n) is 9.42. The van der Waals surface area contributed by atoms with Crippen molar-refractivity contribution in [2.24, 2.45) is 5.92 Å². The smallest absolute Gasteiger partial charge is 0.303 e. The van der Waals surface area contributed by atoms with E-state index in [1.807, 2.05) is 18.2 Å². The third-order valence-corrected chi connectivity index (χ3v) is 5.12. The zero-order chi connectivity index (χ0) is 17.9. The van der Waals surface area contributed by atoms with Crippen molar-refractivity contribution in [3.63, 3.8) is 0 Å². The largest absolute Gasteiger partial charge is 0.493 e. The van der Waals surface area contributed by atoms with Crippen molar-refractivity contribution < 1.29 is 19.4 Å². The highest BCUT2D eigenvalue weighted by molar-refractivity contribution is 5.68. The Kier molecular flexibility index (Phi) is 4.83. The number of rotatable bonds is 7. The van der Waals surface area contributed by atoms with Gasteiger partial charge in [-0.3, -0.25) is 4.79 Å². The molecule has 0 spiro atoms. The first-order chi connectivity index (χ1) is 12.7. The number of aliphatic carboxylic acids is 1. The van der Waals surface area contributed by atoms with Gasteiger partial charge in [-0.1, -0.05) is 18.2 Å². The lowest BCUT2D eigenvalue weighted by Crippen LogP contribution is -2.23. The lowest BCUT2D eigenvalue weighted by molar-refractivity contribution is -0.137. The minimum atomic E-state index is -0.765. The molecule has 2 aromatic rings. The average molecular weight is 352 g/mol. The number of carbonyl (C=O) groups is 1. The minimum absolute atomic E-state index is 0.00334. The number of benzene rings is 2. The molecule has 1 aliphatic heterocycles. The summed E-state index contributed by atoms with van der Waals surface area (Å²) in [7, 11) is 0. The van der Waals surface area contributed by atoms with Crippen LogP contribution in [0.15, 0.2) is 42.5 Å². The zero-order valence-electron chi connectivity index (χ0n) is 14.8. The van der Waals surface area contributed by atoms with E-state index in [-0.39, 0.29) is 12.5 Å². The number of fused-ring (bicyclic) bond motifs is 1. The number of carboxylic acid groups (broad SMARTS) is 1. The Bertz CT molecular complexity index is 794. The summed E-state index contributed by atoms with van der Waals surface area (Å²) in [5.74, 6) is 1.79. The quantitative estimate of drug-likeness (QED) is 0.785. The van der Waals surface area contributed by atoms with Crippen LogP contribution < -0.4 is 9.47 Å². The maximum Gasteiger partial charge on any atom is 0.303 e. The van der Waals surface area contributed by atoms with Crippen molar-refractivity contribution in [1.82, 2.24) is 0 Å². The fraction of sp³-hybridized carbons (Fsp3) is 0.409. The van der Waals surface area contributed by atoms with Gasteiger partial charge < -0.3 is 14.6 Å². The summed E-state index contributed by atoms with van der Waals surface area (Å²) >= 11 is 0. The number of hydrogen-bond donors (Lipinski definition) is 1. The van der Waals surface area contributed by atoms with Crippen LogP contribution in [0.4, 0.5) is 0 Å². The highest BCUT2D eigenvalue weighted by Crippen LogP contribution is 2.34. The van der Waals surface area contributed by atoms with E-state index in [2.05, 4.69) is 24.3 Å². The van der Waals surface area contributed by atoms with Gasteiger partial charge in [0.05, 0.1) is 12.7 Å². The van der Waals surface area contributed by atoms with Crippen LogP contribution in [0, 0.1) is 5.92 Å². The summed E-state index contributed by atoms with van der Waals surface area (Å²) in [6, 6.07) is 14.5. The second kappa shape index (κ2) is 7.40. The topological polar surface area (TPSA) is 55.8 Å². The van der Waals surface area contributed by atoms with Crippen molar-refractivity contribution in [3.05, 3.63) is 48.0 Å². The monoisotopic (exact) mass is 352 g/mol. The van der Waals surface area contributed by atoms with E-state index in [0.29, 0.717) is 6.42 Å². The Morgan fingerprint density at radius 1 is 1.12 bits per heavy atom. The molecule has 0 bridgehead atoms. The van der Waals surface area contributed by atoms with E-state index in [1.165, 1.54) is 18.4 Å². The number of carboxylic acids is 1. The molecule has 1 heterocycles. The van der Waals surface area contributed by atoms with Crippen molar-refractivity contribution in [2.75, 3.05) is 6.61 Å². The molecule has 0 saturated heterocycles. The molecule has 1 saturated carbocycles. The average Bonchev–Trinajstić information content (AvgIpc) is 3.49. The van der Waals surface area contributed by atoms with Gasteiger partial charge in [0.25, 0.3) is 0 Å². The van der Waals surface area contributed by atoms with Crippen LogP contribution in [0.3, 0.4) is 0 Å². The van der Waals surface area contributed by atoms with Crippen molar-refractivity contribution >= 4 is 5.97 Å². The van der Waals surface area contributed by atoms with Crippen molar-refractivity contribution in [1.29, 1.82) is 0 Å². The molecular weight excluding hydrogens is 328 g/mol. The van der Waals surface area contributed by atoms with E-state index >= 15 is 0 Å². The summed E-state index contributed by atoms with van der Waals surface area (Å²) in [4.78, 5) is 10.7. The Labute approximate surface area is 153 Å². The van der Waals surface area contributed by atoms with Gasteiger partial charge in [0, 0.05) is 6.42 Å². The molecule has 1 aliphatic carbocycles. The SMILES string of the molecule is O=C(O)CCC1CCc2cc(-c3cccc(OCC4CC4)c3)ccc2O1. The zero-order valence-corrected chi connectivity index (χ0v) is 14.8. The van der Waals surface area contributed by atoms with Crippen molar-refractivity contribution in [2.45, 2.75) is 44.6 Å². The number of aryl methyl sites for hydroxylation is 1. The molecule has 1 unspecified atom stereocenters. The molecule has 136 valence electrons. The third-order valence-electron chi connectivity index (χ3n) is 5.12. The van der Waals surface area contributed by atoms with Gasteiger partial charge in [-0.2, -0.15) is 0 Å². The molecule has 1 fully saturated rings. The lowest BCUT2D eigenvalue weighted by atomic mass is 9.95. The second-order valence-electron chi connectivity index (χ2n) is 7.32. The first kappa shape index (κ1) is 17.0. The van der Waals surface area contributed by atoms with Crippen LogP contribution in [0.25, 0.3) is 11.1 Å². The normalized spacial score (nSPS) is 18.7. The predicted molar refractivity (Wildman–Crippen MR) is 99.7 cm³/mol. The number of hydrogen-bond acceptors (Lipinski definition) is 3. The third kappa shape index (κ3) is 4.18. The molecule has 4 rings (SSSR count). The molecule has 2 aliphatic rings. The highest BCUT2D eigenvalue weighted by atomic mass is 16.5. The van der Waals surface area contributed by atoms with Gasteiger partial charge in [0.15, 0.2) is 0 Å². The molecule has 4 heteroatoms. The molecule has 1 N–H and O–H groups in total. The van der Waals surface area contributed by atoms with E-state index in [4.69, 9.17) is 14.6 Å². The summed E-state index contributed by atoms with van der Waals surface area (Å²) in [5.41, 5.74) is 3.50. The van der Waals surface area contributed by atoms with Gasteiger partial charge in [-0.25, -0.2) is 0 Å². The van der Waals surface area contributed by atoms with Crippen LogP contribution in [-0.2, 0) is 11.2 Å². The first-order valence-corrected chi connectivity index (χ1v) is 9.42. The standard InChI is InChI=1S/C22H24O4/c23-22(24)11-9-19-8-6-18-12-17(7-10-21(18)26-19)16-2-1-3-20(13-16)25-14-15-4-5-15/h1-3,7,10,12-13,15,19H,4-6,8-9,11,14H2,(H,23,24). The van der Waals surface area contributed by atoms with Crippen LogP contribution in [0.5, 0.6) is 11.5 Å². The fourth-order valence-corrected chi connectivity index (χ4v) is 3.38.